The second-order valence-corrected chi connectivity index (χ2v) is 6.46. The number of benzene rings is 1. The third kappa shape index (κ3) is 4.62. The third-order valence-electron chi connectivity index (χ3n) is 3.95. The lowest BCUT2D eigenvalue weighted by Crippen LogP contribution is -2.42. The molecule has 1 aromatic carbocycles. The van der Waals surface area contributed by atoms with Gasteiger partial charge in [0.15, 0.2) is 6.61 Å². The maximum absolute atomic E-state index is 11.9. The molecular weight excluding hydrogens is 325 g/mol. The quantitative estimate of drug-likeness (QED) is 0.845. The molecule has 0 unspecified atom stereocenters. The van der Waals surface area contributed by atoms with Crippen LogP contribution in [0.15, 0.2) is 18.2 Å². The van der Waals surface area contributed by atoms with Crippen molar-refractivity contribution in [3.8, 4) is 0 Å². The van der Waals surface area contributed by atoms with Crippen LogP contribution in [0.1, 0.15) is 43.0 Å². The zero-order valence-electron chi connectivity index (χ0n) is 12.4. The Morgan fingerprint density at radius 1 is 1.23 bits per heavy atom. The minimum Gasteiger partial charge on any atom is -0.452 e. The van der Waals surface area contributed by atoms with Crippen molar-refractivity contribution in [2.75, 3.05) is 6.61 Å². The van der Waals surface area contributed by atoms with Crippen LogP contribution in [0.2, 0.25) is 10.0 Å². The van der Waals surface area contributed by atoms with Crippen LogP contribution in [0.25, 0.3) is 0 Å². The molecule has 1 saturated carbocycles. The Balaban J connectivity index is 1.82. The fraction of sp³-hybridized carbons (Fsp3) is 0.500. The third-order valence-corrected chi connectivity index (χ3v) is 4.69. The Morgan fingerprint density at radius 2 is 1.95 bits per heavy atom. The van der Waals surface area contributed by atoms with Gasteiger partial charge in [0, 0.05) is 6.04 Å². The molecule has 0 aliphatic heterocycles. The summed E-state index contributed by atoms with van der Waals surface area (Å²) >= 11 is 11.6. The normalized spacial score (nSPS) is 21.2. The van der Waals surface area contributed by atoms with E-state index in [1.807, 2.05) is 0 Å². The molecule has 6 heteroatoms. The van der Waals surface area contributed by atoms with Crippen LogP contribution in [0, 0.1) is 5.92 Å². The second-order valence-electron chi connectivity index (χ2n) is 5.64. The van der Waals surface area contributed by atoms with Crippen molar-refractivity contribution in [2.24, 2.45) is 5.92 Å². The van der Waals surface area contributed by atoms with E-state index in [1.165, 1.54) is 24.6 Å². The second kappa shape index (κ2) is 7.84. The summed E-state index contributed by atoms with van der Waals surface area (Å²) in [6.45, 7) is 1.84. The molecule has 1 aromatic rings. The van der Waals surface area contributed by atoms with Gasteiger partial charge in [0.1, 0.15) is 0 Å². The zero-order valence-corrected chi connectivity index (χ0v) is 13.9. The summed E-state index contributed by atoms with van der Waals surface area (Å²) in [4.78, 5) is 23.7. The average Bonchev–Trinajstić information content (AvgIpc) is 2.50. The average molecular weight is 344 g/mol. The van der Waals surface area contributed by atoms with Gasteiger partial charge in [-0.3, -0.25) is 4.79 Å². The number of carbonyl (C=O) groups excluding carboxylic acids is 2. The standard InChI is InChI=1S/C16H19Cl2NO3/c1-10-4-2-3-5-14(10)19-15(20)9-22-16(21)11-6-7-12(17)13(18)8-11/h6-8,10,14H,2-5,9H2,1H3,(H,19,20)/t10-,14+/m0/s1. The predicted molar refractivity (Wildman–Crippen MR) is 86.3 cm³/mol. The molecule has 0 bridgehead atoms. The van der Waals surface area contributed by atoms with Crippen molar-refractivity contribution in [1.29, 1.82) is 0 Å². The number of carbonyl (C=O) groups is 2. The van der Waals surface area contributed by atoms with Gasteiger partial charge in [0.25, 0.3) is 5.91 Å². The van der Waals surface area contributed by atoms with Crippen molar-refractivity contribution in [3.05, 3.63) is 33.8 Å². The summed E-state index contributed by atoms with van der Waals surface area (Å²) in [5.41, 5.74) is 0.272. The van der Waals surface area contributed by atoms with Gasteiger partial charge in [-0.05, 0) is 37.0 Å². The molecule has 0 saturated heterocycles. The number of esters is 1. The van der Waals surface area contributed by atoms with Gasteiger partial charge in [-0.1, -0.05) is 43.0 Å². The lowest BCUT2D eigenvalue weighted by atomic mass is 9.86. The van der Waals surface area contributed by atoms with E-state index >= 15 is 0 Å². The Labute approximate surface area is 140 Å². The molecule has 22 heavy (non-hydrogen) atoms. The first-order valence-corrected chi connectivity index (χ1v) is 8.14. The highest BCUT2D eigenvalue weighted by atomic mass is 35.5. The summed E-state index contributed by atoms with van der Waals surface area (Å²) in [5.74, 6) is -0.402. The predicted octanol–water partition coefficient (Wildman–Crippen LogP) is 3.85. The first-order valence-electron chi connectivity index (χ1n) is 7.39. The van der Waals surface area contributed by atoms with Crippen molar-refractivity contribution < 1.29 is 14.3 Å². The maximum Gasteiger partial charge on any atom is 0.338 e. The largest absolute Gasteiger partial charge is 0.452 e. The van der Waals surface area contributed by atoms with Crippen LogP contribution in [-0.4, -0.2) is 24.5 Å². The van der Waals surface area contributed by atoms with Crippen molar-refractivity contribution in [1.82, 2.24) is 5.32 Å². The molecule has 0 radical (unpaired) electrons. The molecule has 2 rings (SSSR count). The lowest BCUT2D eigenvalue weighted by molar-refractivity contribution is -0.125. The first kappa shape index (κ1) is 17.1. The highest BCUT2D eigenvalue weighted by molar-refractivity contribution is 6.42. The van der Waals surface area contributed by atoms with Gasteiger partial charge in [-0.25, -0.2) is 4.79 Å². The molecule has 0 spiro atoms. The molecule has 120 valence electrons. The molecule has 1 fully saturated rings. The lowest BCUT2D eigenvalue weighted by Gasteiger charge is -2.29. The van der Waals surface area contributed by atoms with Gasteiger partial charge < -0.3 is 10.1 Å². The highest BCUT2D eigenvalue weighted by Gasteiger charge is 2.23. The summed E-state index contributed by atoms with van der Waals surface area (Å²) in [5, 5.41) is 3.57. The Kier molecular flexibility index (Phi) is 6.09. The number of rotatable bonds is 4. The monoisotopic (exact) mass is 343 g/mol. The number of hydrogen-bond donors (Lipinski definition) is 1. The van der Waals surface area contributed by atoms with Crippen molar-refractivity contribution in [3.63, 3.8) is 0 Å². The molecule has 1 amide bonds. The fourth-order valence-electron chi connectivity index (χ4n) is 2.62. The van der Waals surface area contributed by atoms with Crippen LogP contribution in [0.5, 0.6) is 0 Å². The van der Waals surface area contributed by atoms with Crippen LogP contribution in [0.4, 0.5) is 0 Å². The van der Waals surface area contributed by atoms with E-state index in [9.17, 15) is 9.59 Å². The molecule has 4 nitrogen and oxygen atoms in total. The fourth-order valence-corrected chi connectivity index (χ4v) is 2.91. The van der Waals surface area contributed by atoms with Crippen LogP contribution >= 0.6 is 23.2 Å². The smallest absolute Gasteiger partial charge is 0.338 e. The SMILES string of the molecule is C[C@H]1CCCC[C@H]1NC(=O)COC(=O)c1ccc(Cl)c(Cl)c1. The van der Waals surface area contributed by atoms with Gasteiger partial charge in [0.05, 0.1) is 15.6 Å². The first-order chi connectivity index (χ1) is 10.5. The zero-order chi connectivity index (χ0) is 16.1. The topological polar surface area (TPSA) is 55.4 Å². The number of hydrogen-bond acceptors (Lipinski definition) is 3. The maximum atomic E-state index is 11.9. The summed E-state index contributed by atoms with van der Waals surface area (Å²) < 4.78 is 5.01. The number of halogens is 2. The Hall–Kier alpha value is -1.26. The van der Waals surface area contributed by atoms with E-state index in [4.69, 9.17) is 27.9 Å². The summed E-state index contributed by atoms with van der Waals surface area (Å²) in [6, 6.07) is 4.62. The molecule has 0 aromatic heterocycles. The molecule has 2 atom stereocenters. The van der Waals surface area contributed by atoms with Crippen LogP contribution in [0.3, 0.4) is 0 Å². The van der Waals surface area contributed by atoms with Crippen molar-refractivity contribution in [2.45, 2.75) is 38.6 Å². The molecule has 1 aliphatic carbocycles. The van der Waals surface area contributed by atoms with Gasteiger partial charge in [-0.15, -0.1) is 0 Å². The summed E-state index contributed by atoms with van der Waals surface area (Å²) in [7, 11) is 0. The van der Waals surface area contributed by atoms with E-state index in [2.05, 4.69) is 12.2 Å². The van der Waals surface area contributed by atoms with Gasteiger partial charge in [0.2, 0.25) is 0 Å². The van der Waals surface area contributed by atoms with E-state index < -0.39 is 5.97 Å². The van der Waals surface area contributed by atoms with E-state index in [0.29, 0.717) is 10.9 Å². The van der Waals surface area contributed by atoms with E-state index in [0.717, 1.165) is 19.3 Å². The van der Waals surface area contributed by atoms with Crippen molar-refractivity contribution >= 4 is 35.1 Å². The molecule has 0 heterocycles. The molecule has 1 aliphatic rings. The molecular formula is C16H19Cl2NO3. The van der Waals surface area contributed by atoms with E-state index in [1.54, 1.807) is 0 Å². The van der Waals surface area contributed by atoms with Crippen LogP contribution < -0.4 is 5.32 Å². The summed E-state index contributed by atoms with van der Waals surface area (Å²) in [6.07, 6.45) is 4.43. The number of nitrogens with one attached hydrogen (secondary N) is 1. The van der Waals surface area contributed by atoms with E-state index in [-0.39, 0.29) is 29.1 Å². The molecule has 1 N–H and O–H groups in total. The van der Waals surface area contributed by atoms with Crippen LogP contribution in [-0.2, 0) is 9.53 Å². The number of amides is 1. The minimum absolute atomic E-state index is 0.171. The number of ether oxygens (including phenoxy) is 1. The minimum atomic E-state index is -0.592. The Bertz CT molecular complexity index is 562. The Morgan fingerprint density at radius 3 is 2.64 bits per heavy atom. The van der Waals surface area contributed by atoms with Gasteiger partial charge >= 0.3 is 5.97 Å². The van der Waals surface area contributed by atoms with Gasteiger partial charge in [-0.2, -0.15) is 0 Å². The highest BCUT2D eigenvalue weighted by Crippen LogP contribution is 2.24.